The molecule has 1 aliphatic rings. The lowest BCUT2D eigenvalue weighted by atomic mass is 10.0. The molecule has 10 heteroatoms. The molecular formula is C27H24F3N3O3S. The number of carbonyl (C=O) groups excluding carboxylic acids is 1. The van der Waals surface area contributed by atoms with E-state index in [9.17, 15) is 22.8 Å². The molecule has 0 saturated carbocycles. The minimum Gasteiger partial charge on any atom is -0.444 e. The van der Waals surface area contributed by atoms with Crippen LogP contribution in [0.4, 0.5) is 18.0 Å². The number of alkyl halides is 3. The molecule has 5 rings (SSSR count). The van der Waals surface area contributed by atoms with Gasteiger partial charge in [0.1, 0.15) is 5.60 Å². The van der Waals surface area contributed by atoms with Gasteiger partial charge in [-0.3, -0.25) is 14.3 Å². The average Bonchev–Trinajstić information content (AvgIpc) is 3.19. The van der Waals surface area contributed by atoms with Crippen LogP contribution in [0.1, 0.15) is 36.8 Å². The minimum absolute atomic E-state index is 0.285. The van der Waals surface area contributed by atoms with Crippen molar-refractivity contribution in [1.82, 2.24) is 14.5 Å². The minimum atomic E-state index is -4.47. The van der Waals surface area contributed by atoms with Crippen molar-refractivity contribution < 1.29 is 22.7 Å². The lowest BCUT2D eigenvalue weighted by molar-refractivity contribution is -0.137. The van der Waals surface area contributed by atoms with Gasteiger partial charge in [-0.25, -0.2) is 4.79 Å². The van der Waals surface area contributed by atoms with E-state index in [1.807, 2.05) is 39.0 Å². The third kappa shape index (κ3) is 5.11. The predicted molar refractivity (Wildman–Crippen MR) is 136 cm³/mol. The van der Waals surface area contributed by atoms with Gasteiger partial charge in [-0.1, -0.05) is 6.07 Å². The third-order valence-electron chi connectivity index (χ3n) is 6.06. The number of fused-ring (bicyclic) bond motifs is 3. The zero-order chi connectivity index (χ0) is 26.5. The highest BCUT2D eigenvalue weighted by Gasteiger charge is 2.31. The Balaban J connectivity index is 1.40. The number of rotatable bonds is 2. The summed E-state index contributed by atoms with van der Waals surface area (Å²) < 4.78 is 46.4. The van der Waals surface area contributed by atoms with Crippen molar-refractivity contribution >= 4 is 27.5 Å². The molecule has 4 aromatic rings. The zero-order valence-corrected chi connectivity index (χ0v) is 21.2. The summed E-state index contributed by atoms with van der Waals surface area (Å²) in [6.07, 6.45) is -1.72. The number of aromatic nitrogens is 2. The van der Waals surface area contributed by atoms with E-state index in [-0.39, 0.29) is 17.3 Å². The highest BCUT2D eigenvalue weighted by molar-refractivity contribution is 7.19. The Hall–Kier alpha value is -3.66. The molecule has 1 aliphatic heterocycles. The van der Waals surface area contributed by atoms with Crippen molar-refractivity contribution in [3.63, 3.8) is 0 Å². The lowest BCUT2D eigenvalue weighted by Gasteiger charge is -2.30. The molecule has 0 fully saturated rings. The second-order valence-electron chi connectivity index (χ2n) is 9.89. The lowest BCUT2D eigenvalue weighted by Crippen LogP contribution is -2.39. The first-order valence-electron chi connectivity index (χ1n) is 11.7. The Bertz CT molecular complexity index is 1550. The maximum atomic E-state index is 12.9. The van der Waals surface area contributed by atoms with Gasteiger partial charge in [0, 0.05) is 40.1 Å². The van der Waals surface area contributed by atoms with Gasteiger partial charge in [-0.05, 0) is 68.5 Å². The molecule has 37 heavy (non-hydrogen) atoms. The van der Waals surface area contributed by atoms with Crippen molar-refractivity contribution in [2.45, 2.75) is 45.5 Å². The van der Waals surface area contributed by atoms with Gasteiger partial charge in [0.2, 0.25) is 0 Å². The number of thiophene rings is 1. The van der Waals surface area contributed by atoms with Crippen LogP contribution in [-0.4, -0.2) is 32.7 Å². The number of carbonyl (C=O) groups is 1. The third-order valence-corrected chi connectivity index (χ3v) is 7.24. The largest absolute Gasteiger partial charge is 0.444 e. The molecule has 1 amide bonds. The standard InChI is InChI=1S/C27H24F3N3O3S/c1-26(2,3)36-25(35)32-10-9-20-19-6-5-18(13-22(19)37-23(20)15-32)33-11-8-16(12-24(33)34)21-7-4-17(14-31-21)27(28,29)30/h4-8,11-14H,9-10,15H2,1-3H3. The van der Waals surface area contributed by atoms with Crippen molar-refractivity contribution in [3.05, 3.63) is 81.2 Å². The monoisotopic (exact) mass is 527 g/mol. The first kappa shape index (κ1) is 25.0. The van der Waals surface area contributed by atoms with E-state index in [1.54, 1.807) is 28.5 Å². The smallest absolute Gasteiger partial charge is 0.417 e. The fourth-order valence-electron chi connectivity index (χ4n) is 4.31. The summed E-state index contributed by atoms with van der Waals surface area (Å²) in [5, 5.41) is 1.10. The molecule has 0 saturated heterocycles. The molecule has 0 spiro atoms. The number of pyridine rings is 2. The normalized spacial score (nSPS) is 14.1. The van der Waals surface area contributed by atoms with Crippen LogP contribution in [0.2, 0.25) is 0 Å². The van der Waals surface area contributed by atoms with Gasteiger partial charge in [-0.2, -0.15) is 13.2 Å². The number of benzene rings is 1. The van der Waals surface area contributed by atoms with E-state index in [2.05, 4.69) is 4.98 Å². The Kier molecular flexibility index (Phi) is 6.10. The van der Waals surface area contributed by atoms with Crippen molar-refractivity contribution in [2.24, 2.45) is 0 Å². The van der Waals surface area contributed by atoms with Gasteiger partial charge < -0.3 is 9.64 Å². The molecule has 192 valence electrons. The van der Waals surface area contributed by atoms with E-state index in [0.29, 0.717) is 24.3 Å². The van der Waals surface area contributed by atoms with Crippen LogP contribution in [-0.2, 0) is 23.9 Å². The molecule has 0 unspecified atom stereocenters. The molecule has 0 radical (unpaired) electrons. The molecule has 0 N–H and O–H groups in total. The van der Waals surface area contributed by atoms with Crippen LogP contribution in [0.25, 0.3) is 27.0 Å². The Labute approximate surface area is 214 Å². The van der Waals surface area contributed by atoms with Gasteiger partial charge in [0.25, 0.3) is 5.56 Å². The van der Waals surface area contributed by atoms with Crippen LogP contribution in [0, 0.1) is 0 Å². The van der Waals surface area contributed by atoms with Crippen LogP contribution >= 0.6 is 11.3 Å². The maximum absolute atomic E-state index is 12.9. The zero-order valence-electron chi connectivity index (χ0n) is 20.4. The number of hydrogen-bond acceptors (Lipinski definition) is 5. The quantitative estimate of drug-likeness (QED) is 0.302. The summed E-state index contributed by atoms with van der Waals surface area (Å²) in [6.45, 7) is 6.59. The van der Waals surface area contributed by atoms with E-state index in [4.69, 9.17) is 4.74 Å². The fraction of sp³-hybridized carbons (Fsp3) is 0.296. The second kappa shape index (κ2) is 9.02. The Morgan fingerprint density at radius 1 is 1.08 bits per heavy atom. The highest BCUT2D eigenvalue weighted by atomic mass is 32.1. The summed E-state index contributed by atoms with van der Waals surface area (Å²) in [4.78, 5) is 32.1. The van der Waals surface area contributed by atoms with Gasteiger partial charge in [-0.15, -0.1) is 11.3 Å². The summed E-state index contributed by atoms with van der Waals surface area (Å²) in [5.41, 5.74) is 0.881. The average molecular weight is 528 g/mol. The van der Waals surface area contributed by atoms with Crippen molar-refractivity contribution in [3.8, 4) is 16.9 Å². The molecule has 4 heterocycles. The van der Waals surface area contributed by atoms with E-state index in [0.717, 1.165) is 33.6 Å². The van der Waals surface area contributed by atoms with E-state index in [1.165, 1.54) is 22.3 Å². The first-order chi connectivity index (χ1) is 17.4. The van der Waals surface area contributed by atoms with E-state index < -0.39 is 17.3 Å². The number of nitrogens with zero attached hydrogens (tertiary/aromatic N) is 3. The number of hydrogen-bond donors (Lipinski definition) is 0. The number of amides is 1. The van der Waals surface area contributed by atoms with Gasteiger partial charge >= 0.3 is 12.3 Å². The molecule has 6 nitrogen and oxygen atoms in total. The van der Waals surface area contributed by atoms with Gasteiger partial charge in [0.15, 0.2) is 0 Å². The topological polar surface area (TPSA) is 64.4 Å². The molecule has 3 aromatic heterocycles. The maximum Gasteiger partial charge on any atom is 0.417 e. The second-order valence-corrected chi connectivity index (χ2v) is 11.0. The summed E-state index contributed by atoms with van der Waals surface area (Å²) in [5.74, 6) is 0. The van der Waals surface area contributed by atoms with Gasteiger partial charge in [0.05, 0.1) is 23.5 Å². The predicted octanol–water partition coefficient (Wildman–Crippen LogP) is 6.43. The fourth-order valence-corrected chi connectivity index (χ4v) is 5.61. The highest BCUT2D eigenvalue weighted by Crippen LogP contribution is 2.37. The van der Waals surface area contributed by atoms with Crippen LogP contribution < -0.4 is 5.56 Å². The molecule has 0 atom stereocenters. The summed E-state index contributed by atoms with van der Waals surface area (Å²) in [7, 11) is 0. The Morgan fingerprint density at radius 3 is 2.51 bits per heavy atom. The molecule has 1 aromatic carbocycles. The summed E-state index contributed by atoms with van der Waals surface area (Å²) in [6, 6.07) is 11.0. The molecule has 0 bridgehead atoms. The summed E-state index contributed by atoms with van der Waals surface area (Å²) >= 11 is 1.59. The molecular weight excluding hydrogens is 503 g/mol. The number of ether oxygens (including phenoxy) is 1. The molecule has 0 aliphatic carbocycles. The SMILES string of the molecule is CC(C)(C)OC(=O)N1CCc2c(sc3cc(-n4ccc(-c5ccc(C(F)(F)F)cn5)cc4=O)ccc23)C1. The Morgan fingerprint density at radius 2 is 1.86 bits per heavy atom. The van der Waals surface area contributed by atoms with Crippen LogP contribution in [0.5, 0.6) is 0 Å². The van der Waals surface area contributed by atoms with Crippen molar-refractivity contribution in [1.29, 1.82) is 0 Å². The number of halogens is 3. The van der Waals surface area contributed by atoms with Crippen LogP contribution in [0.3, 0.4) is 0 Å². The van der Waals surface area contributed by atoms with Crippen LogP contribution in [0.15, 0.2) is 59.7 Å². The van der Waals surface area contributed by atoms with Crippen molar-refractivity contribution in [2.75, 3.05) is 6.54 Å². The first-order valence-corrected chi connectivity index (χ1v) is 12.5. The van der Waals surface area contributed by atoms with E-state index >= 15 is 0 Å².